The minimum absolute atomic E-state index is 0.0377. The van der Waals surface area contributed by atoms with Crippen molar-refractivity contribution in [1.29, 1.82) is 5.26 Å². The van der Waals surface area contributed by atoms with Crippen LogP contribution in [0.3, 0.4) is 0 Å². The van der Waals surface area contributed by atoms with Crippen molar-refractivity contribution in [3.8, 4) is 17.3 Å². The molecule has 0 bridgehead atoms. The molecule has 0 saturated carbocycles. The fraction of sp³-hybridized carbons (Fsp3) is 0.543. The van der Waals surface area contributed by atoms with E-state index >= 15 is 0 Å². The first kappa shape index (κ1) is 37.6. The third-order valence-electron chi connectivity index (χ3n) is 9.94. The van der Waals surface area contributed by atoms with Gasteiger partial charge in [0.25, 0.3) is 0 Å². The molecule has 2 aromatic carbocycles. The minimum Gasteiger partial charge on any atom is -0.393 e. The fourth-order valence-corrected chi connectivity index (χ4v) is 9.06. The van der Waals surface area contributed by atoms with E-state index in [2.05, 4.69) is 20.8 Å². The highest BCUT2D eigenvalue weighted by Crippen LogP contribution is 2.40. The molecule has 51 heavy (non-hydrogen) atoms. The molecule has 11 nitrogen and oxygen atoms in total. The number of hydrogen-bond acceptors (Lipinski definition) is 10. The summed E-state index contributed by atoms with van der Waals surface area (Å²) in [4.78, 5) is 6.55. The molecule has 276 valence electrons. The second-order valence-electron chi connectivity index (χ2n) is 13.5. The third kappa shape index (κ3) is 9.08. The number of para-hydroxylation sites is 1. The Morgan fingerprint density at radius 2 is 1.75 bits per heavy atom. The molecule has 0 spiro atoms. The van der Waals surface area contributed by atoms with Gasteiger partial charge in [-0.25, -0.2) is 8.42 Å². The zero-order chi connectivity index (χ0) is 36.3. The van der Waals surface area contributed by atoms with Crippen LogP contribution in [0, 0.1) is 11.3 Å². The van der Waals surface area contributed by atoms with Crippen LogP contribution >= 0.6 is 11.8 Å². The van der Waals surface area contributed by atoms with Crippen LogP contribution in [0.4, 0.5) is 18.9 Å². The van der Waals surface area contributed by atoms with E-state index in [4.69, 9.17) is 5.10 Å². The van der Waals surface area contributed by atoms with Crippen LogP contribution in [0.1, 0.15) is 35.2 Å². The van der Waals surface area contributed by atoms with E-state index in [9.17, 15) is 37.1 Å². The summed E-state index contributed by atoms with van der Waals surface area (Å²) in [6.07, 6.45) is -2.90. The van der Waals surface area contributed by atoms with Crippen LogP contribution in [0.5, 0.6) is 0 Å². The number of anilines is 1. The van der Waals surface area contributed by atoms with Gasteiger partial charge in [-0.15, -0.1) is 11.8 Å². The topological polar surface area (TPSA) is 129 Å². The Hall–Kier alpha value is -3.17. The molecule has 1 aromatic heterocycles. The van der Waals surface area contributed by atoms with Crippen LogP contribution in [-0.2, 0) is 35.7 Å². The highest BCUT2D eigenvalue weighted by Gasteiger charge is 2.35. The van der Waals surface area contributed by atoms with E-state index in [0.717, 1.165) is 35.5 Å². The lowest BCUT2D eigenvalue weighted by Crippen LogP contribution is -2.49. The number of fused-ring (bicyclic) bond motifs is 1. The summed E-state index contributed by atoms with van der Waals surface area (Å²) in [5, 5.41) is 35.4. The standard InChI is InChI=1S/C35H44F3N7O4S2/c1-51(48,49)44-13-10-32-29(24-44)34(25-6-7-30(35(36,37)38)33(20-25)50-19-18-41-11-8-27(46)9-12-41)40-45(32)23-28(47)22-42-14-16-43(17-15-42)31-5-3-2-4-26(31)21-39/h2-7,20,27-28,46-47H,8-19,22-24H2,1H3. The van der Waals surface area contributed by atoms with Gasteiger partial charge >= 0.3 is 6.18 Å². The number of halogens is 3. The number of rotatable bonds is 11. The fourth-order valence-electron chi connectivity index (χ4n) is 7.15. The number of piperazine rings is 1. The minimum atomic E-state index is -4.56. The average Bonchev–Trinajstić information content (AvgIpc) is 3.46. The highest BCUT2D eigenvalue weighted by atomic mass is 32.2. The second kappa shape index (κ2) is 15.8. The van der Waals surface area contributed by atoms with E-state index in [0.29, 0.717) is 99.8 Å². The number of hydrogen-bond donors (Lipinski definition) is 2. The summed E-state index contributed by atoms with van der Waals surface area (Å²) in [6.45, 7) is 5.56. The third-order valence-corrected chi connectivity index (χ3v) is 12.2. The maximum absolute atomic E-state index is 14.2. The number of benzene rings is 2. The molecule has 1 unspecified atom stereocenters. The number of thioether (sulfide) groups is 1. The number of aromatic nitrogens is 2. The molecule has 3 aliphatic rings. The van der Waals surface area contributed by atoms with Crippen molar-refractivity contribution in [2.45, 2.75) is 55.6 Å². The van der Waals surface area contributed by atoms with Crippen LogP contribution in [0.15, 0.2) is 47.4 Å². The van der Waals surface area contributed by atoms with E-state index < -0.39 is 27.9 Å². The lowest BCUT2D eigenvalue weighted by Gasteiger charge is -2.37. The Kier molecular flexibility index (Phi) is 11.7. The van der Waals surface area contributed by atoms with Crippen LogP contribution in [0.25, 0.3) is 11.3 Å². The molecular formula is C35H44F3N7O4S2. The number of β-amino-alcohol motifs (C(OH)–C–C–N with tert-alkyl or cyclic N) is 1. The molecule has 1 atom stereocenters. The molecule has 6 rings (SSSR count). The summed E-state index contributed by atoms with van der Waals surface area (Å²) in [7, 11) is -3.54. The van der Waals surface area contributed by atoms with Crippen molar-refractivity contribution in [1.82, 2.24) is 23.9 Å². The Balaban J connectivity index is 1.20. The summed E-state index contributed by atoms with van der Waals surface area (Å²) in [5.41, 5.74) is 3.05. The quantitative estimate of drug-likeness (QED) is 0.282. The number of sulfonamides is 1. The van der Waals surface area contributed by atoms with E-state index in [1.54, 1.807) is 10.7 Å². The Bertz CT molecular complexity index is 1830. The Morgan fingerprint density at radius 3 is 2.43 bits per heavy atom. The van der Waals surface area contributed by atoms with Crippen molar-refractivity contribution in [3.63, 3.8) is 0 Å². The molecule has 2 N–H and O–H groups in total. The predicted molar refractivity (Wildman–Crippen MR) is 190 cm³/mol. The van der Waals surface area contributed by atoms with Gasteiger partial charge in [-0.1, -0.05) is 18.2 Å². The number of nitrogens with zero attached hydrogens (tertiary/aromatic N) is 7. The smallest absolute Gasteiger partial charge is 0.393 e. The van der Waals surface area contributed by atoms with E-state index in [1.165, 1.54) is 16.4 Å². The number of piperidine rings is 1. The molecule has 0 aliphatic carbocycles. The number of aliphatic hydroxyl groups is 2. The molecule has 2 fully saturated rings. The van der Waals surface area contributed by atoms with Crippen molar-refractivity contribution in [3.05, 3.63) is 64.8 Å². The van der Waals surface area contributed by atoms with Gasteiger partial charge in [0.05, 0.1) is 47.5 Å². The number of likely N-dealkylation sites (tertiary alicyclic amines) is 1. The first-order chi connectivity index (χ1) is 24.3. The summed E-state index contributed by atoms with van der Waals surface area (Å²) >= 11 is 1.13. The zero-order valence-electron chi connectivity index (χ0n) is 28.6. The van der Waals surface area contributed by atoms with Crippen LogP contribution in [-0.4, -0.2) is 126 Å². The van der Waals surface area contributed by atoms with Gasteiger partial charge in [0, 0.05) is 99.3 Å². The predicted octanol–water partition coefficient (Wildman–Crippen LogP) is 3.49. The highest BCUT2D eigenvalue weighted by molar-refractivity contribution is 7.99. The maximum atomic E-state index is 14.2. The van der Waals surface area contributed by atoms with Gasteiger partial charge in [0.1, 0.15) is 6.07 Å². The van der Waals surface area contributed by atoms with Gasteiger partial charge in [-0.2, -0.15) is 27.8 Å². The van der Waals surface area contributed by atoms with Crippen LogP contribution < -0.4 is 4.90 Å². The number of nitriles is 1. The monoisotopic (exact) mass is 747 g/mol. The molecule has 16 heteroatoms. The van der Waals surface area contributed by atoms with Gasteiger partial charge < -0.3 is 20.0 Å². The lowest BCUT2D eigenvalue weighted by molar-refractivity contribution is -0.139. The molecule has 0 amide bonds. The lowest BCUT2D eigenvalue weighted by atomic mass is 10.0. The first-order valence-corrected chi connectivity index (χ1v) is 20.1. The zero-order valence-corrected chi connectivity index (χ0v) is 30.2. The van der Waals surface area contributed by atoms with E-state index in [-0.39, 0.29) is 30.6 Å². The number of aliphatic hydroxyl groups excluding tert-OH is 2. The normalized spacial score (nSPS) is 19.2. The van der Waals surface area contributed by atoms with Crippen molar-refractivity contribution in [2.75, 3.05) is 75.8 Å². The summed E-state index contributed by atoms with van der Waals surface area (Å²) in [5.74, 6) is 0.433. The second-order valence-corrected chi connectivity index (χ2v) is 16.6. The van der Waals surface area contributed by atoms with E-state index in [1.807, 2.05) is 18.2 Å². The Labute approximate surface area is 301 Å². The van der Waals surface area contributed by atoms with Gasteiger partial charge in [0.15, 0.2) is 0 Å². The first-order valence-electron chi connectivity index (χ1n) is 17.2. The van der Waals surface area contributed by atoms with Crippen molar-refractivity contribution >= 4 is 27.5 Å². The maximum Gasteiger partial charge on any atom is 0.417 e. The molecule has 4 heterocycles. The molecule has 2 saturated heterocycles. The van der Waals surface area contributed by atoms with Gasteiger partial charge in [-0.3, -0.25) is 9.58 Å². The molecule has 3 aromatic rings. The summed E-state index contributed by atoms with van der Waals surface area (Å²) < 4.78 is 70.6. The van der Waals surface area contributed by atoms with Gasteiger partial charge in [-0.05, 0) is 37.1 Å². The van der Waals surface area contributed by atoms with Crippen LogP contribution in [0.2, 0.25) is 0 Å². The summed E-state index contributed by atoms with van der Waals surface area (Å²) in [6, 6.07) is 13.7. The van der Waals surface area contributed by atoms with Crippen molar-refractivity contribution in [2.24, 2.45) is 0 Å². The molecular weight excluding hydrogens is 704 g/mol. The number of alkyl halides is 3. The molecule has 0 radical (unpaired) electrons. The molecule has 3 aliphatic heterocycles. The van der Waals surface area contributed by atoms with Crippen molar-refractivity contribution < 1.29 is 31.8 Å². The Morgan fingerprint density at radius 1 is 1.02 bits per heavy atom. The SMILES string of the molecule is CS(=O)(=O)N1CCc2c(c(-c3ccc(C(F)(F)F)c(SCCN4CCC(O)CC4)c3)nn2CC(O)CN2CCN(c3ccccc3C#N)CC2)C1. The average molecular weight is 748 g/mol. The van der Waals surface area contributed by atoms with Gasteiger partial charge in [0.2, 0.25) is 10.0 Å². The largest absolute Gasteiger partial charge is 0.417 e.